The lowest BCUT2D eigenvalue weighted by Gasteiger charge is -2.19. The van der Waals surface area contributed by atoms with Gasteiger partial charge >= 0.3 is 0 Å². The van der Waals surface area contributed by atoms with Crippen LogP contribution in [0.4, 0.5) is 10.1 Å². The summed E-state index contributed by atoms with van der Waals surface area (Å²) in [5.74, 6) is 0.438. The van der Waals surface area contributed by atoms with Crippen LogP contribution in [-0.2, 0) is 0 Å². The minimum absolute atomic E-state index is 0.0302. The number of benzene rings is 2. The summed E-state index contributed by atoms with van der Waals surface area (Å²) in [7, 11) is 1.60. The zero-order valence-electron chi connectivity index (χ0n) is 11.1. The van der Waals surface area contributed by atoms with Gasteiger partial charge in [-0.05, 0) is 42.8 Å². The molecule has 106 valence electrons. The SMILES string of the molecule is COc1ccc(Cl)cc1NC(C)c1ccc(F)cc1Br. The molecule has 0 saturated heterocycles. The minimum atomic E-state index is -0.270. The molecule has 20 heavy (non-hydrogen) atoms. The van der Waals surface area contributed by atoms with Gasteiger partial charge in [-0.15, -0.1) is 0 Å². The molecule has 2 nitrogen and oxygen atoms in total. The average molecular weight is 359 g/mol. The minimum Gasteiger partial charge on any atom is -0.495 e. The molecule has 0 amide bonds. The summed E-state index contributed by atoms with van der Waals surface area (Å²) in [6, 6.07) is 9.97. The topological polar surface area (TPSA) is 21.3 Å². The van der Waals surface area contributed by atoms with E-state index in [1.54, 1.807) is 31.4 Å². The van der Waals surface area contributed by atoms with Gasteiger partial charge in [0.25, 0.3) is 0 Å². The van der Waals surface area contributed by atoms with Crippen molar-refractivity contribution in [3.63, 3.8) is 0 Å². The summed E-state index contributed by atoms with van der Waals surface area (Å²) in [6.07, 6.45) is 0. The first-order valence-corrected chi connectivity index (χ1v) is 7.23. The van der Waals surface area contributed by atoms with Gasteiger partial charge in [0.2, 0.25) is 0 Å². The fourth-order valence-corrected chi connectivity index (χ4v) is 2.82. The molecule has 5 heteroatoms. The third kappa shape index (κ3) is 3.44. The van der Waals surface area contributed by atoms with E-state index in [0.29, 0.717) is 10.8 Å². The Hall–Kier alpha value is -1.26. The smallest absolute Gasteiger partial charge is 0.142 e. The van der Waals surface area contributed by atoms with E-state index in [-0.39, 0.29) is 11.9 Å². The molecular formula is C15H14BrClFNO. The Bertz CT molecular complexity index is 621. The number of ether oxygens (including phenoxy) is 1. The number of hydrogen-bond donors (Lipinski definition) is 1. The maximum absolute atomic E-state index is 13.1. The van der Waals surface area contributed by atoms with Crippen molar-refractivity contribution in [3.8, 4) is 5.75 Å². The van der Waals surface area contributed by atoms with E-state index >= 15 is 0 Å². The van der Waals surface area contributed by atoms with Gasteiger partial charge < -0.3 is 10.1 Å². The number of methoxy groups -OCH3 is 1. The molecule has 1 N–H and O–H groups in total. The fraction of sp³-hybridized carbons (Fsp3) is 0.200. The third-order valence-corrected chi connectivity index (χ3v) is 3.88. The Morgan fingerprint density at radius 2 is 2.00 bits per heavy atom. The standard InChI is InChI=1S/C15H14BrClFNO/c1-9(12-5-4-11(18)8-13(12)16)19-14-7-10(17)3-6-15(14)20-2/h3-9,19H,1-2H3. The zero-order valence-corrected chi connectivity index (χ0v) is 13.4. The first-order chi connectivity index (χ1) is 9.51. The maximum atomic E-state index is 13.1. The molecule has 0 bridgehead atoms. The summed E-state index contributed by atoms with van der Waals surface area (Å²) in [5.41, 5.74) is 1.75. The maximum Gasteiger partial charge on any atom is 0.142 e. The number of anilines is 1. The van der Waals surface area contributed by atoms with Crippen molar-refractivity contribution >= 4 is 33.2 Å². The molecule has 0 aliphatic rings. The first-order valence-electron chi connectivity index (χ1n) is 6.06. The second-order valence-electron chi connectivity index (χ2n) is 4.38. The number of hydrogen-bond acceptors (Lipinski definition) is 2. The van der Waals surface area contributed by atoms with Crippen molar-refractivity contribution in [2.45, 2.75) is 13.0 Å². The van der Waals surface area contributed by atoms with Crippen molar-refractivity contribution in [3.05, 3.63) is 57.3 Å². The summed E-state index contributed by atoms with van der Waals surface area (Å²) in [4.78, 5) is 0. The molecule has 2 rings (SSSR count). The Kier molecular flexibility index (Phi) is 4.89. The molecule has 2 aromatic rings. The Morgan fingerprint density at radius 1 is 1.25 bits per heavy atom. The number of nitrogens with one attached hydrogen (secondary N) is 1. The normalized spacial score (nSPS) is 12.1. The van der Waals surface area contributed by atoms with E-state index in [9.17, 15) is 4.39 Å². The van der Waals surface area contributed by atoms with Gasteiger partial charge in [0.1, 0.15) is 11.6 Å². The fourth-order valence-electron chi connectivity index (χ4n) is 1.96. The van der Waals surface area contributed by atoms with E-state index in [1.807, 2.05) is 6.92 Å². The van der Waals surface area contributed by atoms with Gasteiger partial charge in [0.15, 0.2) is 0 Å². The van der Waals surface area contributed by atoms with Crippen molar-refractivity contribution in [2.75, 3.05) is 12.4 Å². The summed E-state index contributed by atoms with van der Waals surface area (Å²) >= 11 is 9.37. The van der Waals surface area contributed by atoms with E-state index in [1.165, 1.54) is 12.1 Å². The lowest BCUT2D eigenvalue weighted by atomic mass is 10.1. The molecule has 0 spiro atoms. The van der Waals surface area contributed by atoms with Crippen LogP contribution in [0.2, 0.25) is 5.02 Å². The van der Waals surface area contributed by atoms with Gasteiger partial charge in [-0.1, -0.05) is 33.6 Å². The van der Waals surface area contributed by atoms with Gasteiger partial charge in [-0.25, -0.2) is 4.39 Å². The first kappa shape index (κ1) is 15.1. The van der Waals surface area contributed by atoms with Crippen LogP contribution in [0.5, 0.6) is 5.75 Å². The van der Waals surface area contributed by atoms with Crippen LogP contribution < -0.4 is 10.1 Å². The molecule has 0 radical (unpaired) electrons. The lowest BCUT2D eigenvalue weighted by molar-refractivity contribution is 0.416. The highest BCUT2D eigenvalue weighted by Crippen LogP contribution is 2.32. The predicted molar refractivity (Wildman–Crippen MR) is 84.1 cm³/mol. The molecule has 0 heterocycles. The highest BCUT2D eigenvalue weighted by molar-refractivity contribution is 9.10. The molecule has 0 aliphatic carbocycles. The van der Waals surface area contributed by atoms with Crippen molar-refractivity contribution in [1.82, 2.24) is 0 Å². The van der Waals surface area contributed by atoms with Gasteiger partial charge in [-0.3, -0.25) is 0 Å². The highest BCUT2D eigenvalue weighted by Gasteiger charge is 2.12. The highest BCUT2D eigenvalue weighted by atomic mass is 79.9. The zero-order chi connectivity index (χ0) is 14.7. The predicted octanol–water partition coefficient (Wildman–Crippen LogP) is 5.42. The number of halogens is 3. The van der Waals surface area contributed by atoms with Crippen molar-refractivity contribution in [1.29, 1.82) is 0 Å². The van der Waals surface area contributed by atoms with Crippen LogP contribution in [-0.4, -0.2) is 7.11 Å². The Morgan fingerprint density at radius 3 is 2.65 bits per heavy atom. The molecule has 0 aliphatic heterocycles. The van der Waals surface area contributed by atoms with Crippen LogP contribution in [0.25, 0.3) is 0 Å². The van der Waals surface area contributed by atoms with E-state index in [2.05, 4.69) is 21.2 Å². The van der Waals surface area contributed by atoms with Crippen LogP contribution in [0.3, 0.4) is 0 Å². The van der Waals surface area contributed by atoms with E-state index < -0.39 is 0 Å². The molecule has 1 unspecified atom stereocenters. The van der Waals surface area contributed by atoms with Crippen LogP contribution in [0, 0.1) is 5.82 Å². The van der Waals surface area contributed by atoms with E-state index in [4.69, 9.17) is 16.3 Å². The quantitative estimate of drug-likeness (QED) is 0.787. The van der Waals surface area contributed by atoms with Crippen LogP contribution >= 0.6 is 27.5 Å². The molecule has 0 aromatic heterocycles. The lowest BCUT2D eigenvalue weighted by Crippen LogP contribution is -2.08. The van der Waals surface area contributed by atoms with Gasteiger partial charge in [0, 0.05) is 15.5 Å². The monoisotopic (exact) mass is 357 g/mol. The molecule has 2 aromatic carbocycles. The molecule has 0 saturated carbocycles. The second-order valence-corrected chi connectivity index (χ2v) is 5.67. The van der Waals surface area contributed by atoms with Crippen molar-refractivity contribution < 1.29 is 9.13 Å². The largest absolute Gasteiger partial charge is 0.495 e. The van der Waals surface area contributed by atoms with E-state index in [0.717, 1.165) is 15.7 Å². The van der Waals surface area contributed by atoms with Crippen molar-refractivity contribution in [2.24, 2.45) is 0 Å². The molecule has 0 fully saturated rings. The Labute approximate surface area is 131 Å². The molecular weight excluding hydrogens is 345 g/mol. The van der Waals surface area contributed by atoms with Gasteiger partial charge in [0.05, 0.1) is 12.8 Å². The summed E-state index contributed by atoms with van der Waals surface area (Å²) in [6.45, 7) is 1.98. The van der Waals surface area contributed by atoms with Crippen LogP contribution in [0.1, 0.15) is 18.5 Å². The number of rotatable bonds is 4. The molecule has 1 atom stereocenters. The average Bonchev–Trinajstić information content (AvgIpc) is 2.38. The summed E-state index contributed by atoms with van der Waals surface area (Å²) in [5, 5.41) is 3.94. The van der Waals surface area contributed by atoms with Crippen LogP contribution in [0.15, 0.2) is 40.9 Å². The third-order valence-electron chi connectivity index (χ3n) is 2.96. The Balaban J connectivity index is 2.27. The van der Waals surface area contributed by atoms with Gasteiger partial charge in [-0.2, -0.15) is 0 Å². The second kappa shape index (κ2) is 6.46. The summed E-state index contributed by atoms with van der Waals surface area (Å²) < 4.78 is 19.1.